The minimum absolute atomic E-state index is 0.0325. The predicted octanol–water partition coefficient (Wildman–Crippen LogP) is 3.06. The highest BCUT2D eigenvalue weighted by atomic mass is 35.5. The van der Waals surface area contributed by atoms with Crippen LogP contribution in [0.15, 0.2) is 53.4 Å². The fraction of sp³-hybridized carbons (Fsp3) is 0.235. The number of ether oxygens (including phenoxy) is 1. The maximum absolute atomic E-state index is 12.2. The molecule has 0 aromatic heterocycles. The quantitative estimate of drug-likeness (QED) is 0.796. The van der Waals surface area contributed by atoms with E-state index in [1.165, 1.54) is 31.2 Å². The van der Waals surface area contributed by atoms with Gasteiger partial charge in [-0.25, -0.2) is 8.42 Å². The fourth-order valence-corrected chi connectivity index (χ4v) is 3.24. The van der Waals surface area contributed by atoms with Gasteiger partial charge in [0.05, 0.1) is 4.90 Å². The molecule has 0 aliphatic rings. The predicted molar refractivity (Wildman–Crippen MR) is 92.2 cm³/mol. The average Bonchev–Trinajstić information content (AvgIpc) is 2.54. The monoisotopic (exact) mass is 367 g/mol. The lowest BCUT2D eigenvalue weighted by molar-refractivity contribution is -0.146. The molecule has 0 saturated carbocycles. The van der Waals surface area contributed by atoms with Crippen molar-refractivity contribution in [2.45, 2.75) is 31.4 Å². The van der Waals surface area contributed by atoms with Crippen LogP contribution in [0.1, 0.15) is 18.1 Å². The standard InChI is InChI=1S/C17H18ClNO4S/c1-12-3-5-14(6-4-12)11-23-17(20)13(2)19-24(21,22)16-9-7-15(18)8-10-16/h3-10,13,19H,11H2,1-2H3/t13-/m0/s1. The van der Waals surface area contributed by atoms with E-state index in [0.29, 0.717) is 5.02 Å². The molecular weight excluding hydrogens is 350 g/mol. The van der Waals surface area contributed by atoms with E-state index in [2.05, 4.69) is 4.72 Å². The summed E-state index contributed by atoms with van der Waals surface area (Å²) >= 11 is 5.74. The summed E-state index contributed by atoms with van der Waals surface area (Å²) in [6.45, 7) is 3.49. The first-order chi connectivity index (χ1) is 11.3. The second kappa shape index (κ2) is 7.79. The van der Waals surface area contributed by atoms with Crippen LogP contribution in [0.25, 0.3) is 0 Å². The van der Waals surface area contributed by atoms with Gasteiger partial charge < -0.3 is 4.74 Å². The lowest BCUT2D eigenvalue weighted by Crippen LogP contribution is -2.39. The van der Waals surface area contributed by atoms with Gasteiger partial charge in [0.15, 0.2) is 0 Å². The van der Waals surface area contributed by atoms with Crippen molar-refractivity contribution in [2.75, 3.05) is 0 Å². The zero-order chi connectivity index (χ0) is 17.7. The second-order valence-electron chi connectivity index (χ2n) is 5.39. The van der Waals surface area contributed by atoms with Gasteiger partial charge in [0.2, 0.25) is 10.0 Å². The molecule has 2 rings (SSSR count). The van der Waals surface area contributed by atoms with Crippen LogP contribution >= 0.6 is 11.6 Å². The molecule has 0 aliphatic heterocycles. The third-order valence-corrected chi connectivity index (χ3v) is 5.12. The van der Waals surface area contributed by atoms with Gasteiger partial charge in [0.1, 0.15) is 12.6 Å². The van der Waals surface area contributed by atoms with Gasteiger partial charge in [-0.1, -0.05) is 41.4 Å². The largest absolute Gasteiger partial charge is 0.460 e. The molecule has 0 spiro atoms. The summed E-state index contributed by atoms with van der Waals surface area (Å²) in [5.74, 6) is -0.645. The molecule has 0 saturated heterocycles. The lowest BCUT2D eigenvalue weighted by Gasteiger charge is -2.14. The van der Waals surface area contributed by atoms with Crippen molar-refractivity contribution in [3.63, 3.8) is 0 Å². The Hall–Kier alpha value is -1.89. The molecular formula is C17H18ClNO4S. The van der Waals surface area contributed by atoms with E-state index in [0.717, 1.165) is 11.1 Å². The fourth-order valence-electron chi connectivity index (χ4n) is 1.93. The third-order valence-electron chi connectivity index (χ3n) is 3.31. The van der Waals surface area contributed by atoms with E-state index in [1.807, 2.05) is 31.2 Å². The van der Waals surface area contributed by atoms with Crippen LogP contribution in [0.3, 0.4) is 0 Å². The summed E-state index contributed by atoms with van der Waals surface area (Å²) in [6, 6.07) is 12.2. The molecule has 0 bridgehead atoms. The first-order valence-corrected chi connectivity index (χ1v) is 9.14. The average molecular weight is 368 g/mol. The maximum atomic E-state index is 12.2. The Morgan fingerprint density at radius 2 is 1.71 bits per heavy atom. The van der Waals surface area contributed by atoms with Crippen molar-refractivity contribution in [2.24, 2.45) is 0 Å². The molecule has 0 aliphatic carbocycles. The number of esters is 1. The number of carbonyl (C=O) groups is 1. The van der Waals surface area contributed by atoms with Gasteiger partial charge in [0.25, 0.3) is 0 Å². The molecule has 0 unspecified atom stereocenters. The van der Waals surface area contributed by atoms with Crippen LogP contribution in [-0.2, 0) is 26.2 Å². The minimum Gasteiger partial charge on any atom is -0.460 e. The highest BCUT2D eigenvalue weighted by Crippen LogP contribution is 2.14. The molecule has 2 aromatic rings. The first kappa shape index (κ1) is 18.4. The topological polar surface area (TPSA) is 72.5 Å². The van der Waals surface area contributed by atoms with Crippen molar-refractivity contribution in [1.29, 1.82) is 0 Å². The van der Waals surface area contributed by atoms with Crippen molar-refractivity contribution < 1.29 is 17.9 Å². The van der Waals surface area contributed by atoms with Crippen LogP contribution in [-0.4, -0.2) is 20.4 Å². The van der Waals surface area contributed by atoms with Crippen LogP contribution in [0.5, 0.6) is 0 Å². The summed E-state index contributed by atoms with van der Waals surface area (Å²) in [5.41, 5.74) is 1.94. The number of halogens is 1. The Balaban J connectivity index is 1.95. The van der Waals surface area contributed by atoms with Crippen LogP contribution in [0, 0.1) is 6.92 Å². The van der Waals surface area contributed by atoms with Gasteiger partial charge in [-0.2, -0.15) is 4.72 Å². The van der Waals surface area contributed by atoms with Gasteiger partial charge in [-0.05, 0) is 43.7 Å². The van der Waals surface area contributed by atoms with Gasteiger partial charge in [-0.3, -0.25) is 4.79 Å². The zero-order valence-corrected chi connectivity index (χ0v) is 14.9. The highest BCUT2D eigenvalue weighted by molar-refractivity contribution is 7.89. The normalized spacial score (nSPS) is 12.6. The summed E-state index contributed by atoms with van der Waals surface area (Å²) in [5, 5.41) is 0.430. The van der Waals surface area contributed by atoms with Gasteiger partial charge in [0, 0.05) is 5.02 Å². The van der Waals surface area contributed by atoms with Crippen LogP contribution < -0.4 is 4.72 Å². The second-order valence-corrected chi connectivity index (χ2v) is 7.54. The van der Waals surface area contributed by atoms with Crippen LogP contribution in [0.2, 0.25) is 5.02 Å². The smallest absolute Gasteiger partial charge is 0.324 e. The number of benzene rings is 2. The van der Waals surface area contributed by atoms with E-state index in [-0.39, 0.29) is 11.5 Å². The van der Waals surface area contributed by atoms with E-state index in [9.17, 15) is 13.2 Å². The number of sulfonamides is 1. The molecule has 24 heavy (non-hydrogen) atoms. The number of hydrogen-bond donors (Lipinski definition) is 1. The lowest BCUT2D eigenvalue weighted by atomic mass is 10.2. The molecule has 2 aromatic carbocycles. The molecule has 1 atom stereocenters. The highest BCUT2D eigenvalue weighted by Gasteiger charge is 2.23. The van der Waals surface area contributed by atoms with Crippen molar-refractivity contribution in [1.82, 2.24) is 4.72 Å². The molecule has 1 N–H and O–H groups in total. The summed E-state index contributed by atoms with van der Waals surface area (Å²) in [7, 11) is -3.82. The molecule has 0 heterocycles. The van der Waals surface area contributed by atoms with E-state index < -0.39 is 22.0 Å². The Labute approximate surface area is 146 Å². The number of nitrogens with one attached hydrogen (secondary N) is 1. The summed E-state index contributed by atoms with van der Waals surface area (Å²) < 4.78 is 31.9. The summed E-state index contributed by atoms with van der Waals surface area (Å²) in [6.07, 6.45) is 0. The van der Waals surface area contributed by atoms with E-state index in [4.69, 9.17) is 16.3 Å². The van der Waals surface area contributed by atoms with Crippen LogP contribution in [0.4, 0.5) is 0 Å². The number of hydrogen-bond acceptors (Lipinski definition) is 4. The van der Waals surface area contributed by atoms with Crippen molar-refractivity contribution in [3.8, 4) is 0 Å². The first-order valence-electron chi connectivity index (χ1n) is 7.28. The maximum Gasteiger partial charge on any atom is 0.324 e. The van der Waals surface area contributed by atoms with Gasteiger partial charge >= 0.3 is 5.97 Å². The summed E-state index contributed by atoms with van der Waals surface area (Å²) in [4.78, 5) is 12.0. The Kier molecular flexibility index (Phi) is 5.99. The van der Waals surface area contributed by atoms with E-state index >= 15 is 0 Å². The van der Waals surface area contributed by atoms with E-state index in [1.54, 1.807) is 0 Å². The zero-order valence-electron chi connectivity index (χ0n) is 13.3. The molecule has 7 heteroatoms. The molecule has 5 nitrogen and oxygen atoms in total. The molecule has 0 fully saturated rings. The number of aryl methyl sites for hydroxylation is 1. The number of carbonyl (C=O) groups excluding carboxylic acids is 1. The van der Waals surface area contributed by atoms with Crippen molar-refractivity contribution >= 4 is 27.6 Å². The Morgan fingerprint density at radius 1 is 1.12 bits per heavy atom. The Bertz CT molecular complexity index is 801. The minimum atomic E-state index is -3.82. The Morgan fingerprint density at radius 3 is 2.29 bits per heavy atom. The SMILES string of the molecule is Cc1ccc(COC(=O)[C@H](C)NS(=O)(=O)c2ccc(Cl)cc2)cc1. The van der Waals surface area contributed by atoms with Crippen molar-refractivity contribution in [3.05, 3.63) is 64.7 Å². The number of rotatable bonds is 6. The third kappa shape index (κ3) is 5.06. The molecule has 0 radical (unpaired) electrons. The van der Waals surface area contributed by atoms with Gasteiger partial charge in [-0.15, -0.1) is 0 Å². The molecule has 0 amide bonds. The molecule has 128 valence electrons.